The van der Waals surface area contributed by atoms with Crippen molar-refractivity contribution in [3.63, 3.8) is 0 Å². The summed E-state index contributed by atoms with van der Waals surface area (Å²) in [7, 11) is 0. The van der Waals surface area contributed by atoms with Crippen molar-refractivity contribution >= 4 is 51.9 Å². The summed E-state index contributed by atoms with van der Waals surface area (Å²) in [5.74, 6) is -0.786. The average Bonchev–Trinajstić information content (AvgIpc) is 3.51. The molecule has 1 aliphatic heterocycles. The number of nitrogens with zero attached hydrogens (tertiary/aromatic N) is 3. The first-order valence-corrected chi connectivity index (χ1v) is 16.9. The number of carbonyl (C=O) groups is 2. The van der Waals surface area contributed by atoms with Gasteiger partial charge in [0.15, 0.2) is 5.58 Å². The summed E-state index contributed by atoms with van der Waals surface area (Å²) >= 11 is 13.6. The lowest BCUT2D eigenvalue weighted by Crippen LogP contribution is -2.43. The van der Waals surface area contributed by atoms with E-state index in [0.717, 1.165) is 51.8 Å². The van der Waals surface area contributed by atoms with E-state index in [2.05, 4.69) is 15.6 Å². The molecular weight excluding hydrogens is 665 g/mol. The van der Waals surface area contributed by atoms with Crippen molar-refractivity contribution in [3.05, 3.63) is 98.8 Å². The van der Waals surface area contributed by atoms with Gasteiger partial charge in [0.1, 0.15) is 17.3 Å². The van der Waals surface area contributed by atoms with Gasteiger partial charge in [-0.25, -0.2) is 4.98 Å². The maximum absolute atomic E-state index is 13.3. The minimum atomic E-state index is -0.805. The molecule has 10 nitrogen and oxygen atoms in total. The number of oxazole rings is 1. The van der Waals surface area contributed by atoms with Crippen LogP contribution in [-0.2, 0) is 17.9 Å². The van der Waals surface area contributed by atoms with Crippen LogP contribution in [0.3, 0.4) is 0 Å². The topological polar surface area (TPSA) is 141 Å². The van der Waals surface area contributed by atoms with Crippen molar-refractivity contribution < 1.29 is 24.2 Å². The number of aryl methyl sites for hydroxylation is 1. The normalized spacial score (nSPS) is 15.1. The predicted molar refractivity (Wildman–Crippen MR) is 191 cm³/mol. The first-order valence-electron chi connectivity index (χ1n) is 16.2. The number of carboxylic acid groups (broad SMARTS) is 1. The SMILES string of the molecule is Cc1cc(CNCCO)cnc1C(=O)Nc1cccc(-c2cccc(-c3nc4cc(CN5CCCC[C@H]5C(=O)O)cc(Cl)c4o3)c2C)c1Cl. The smallest absolute Gasteiger partial charge is 0.320 e. The number of piperidine rings is 1. The molecule has 0 spiro atoms. The maximum Gasteiger partial charge on any atom is 0.320 e. The molecule has 0 unspecified atom stereocenters. The Hall–Kier alpha value is -4.32. The highest BCUT2D eigenvalue weighted by atomic mass is 35.5. The number of aliphatic carboxylic acids is 1. The maximum atomic E-state index is 13.3. The Morgan fingerprint density at radius 1 is 1.02 bits per heavy atom. The Bertz CT molecular complexity index is 2030. The molecule has 254 valence electrons. The Labute approximate surface area is 294 Å². The molecule has 1 aliphatic rings. The van der Waals surface area contributed by atoms with E-state index in [9.17, 15) is 14.7 Å². The van der Waals surface area contributed by atoms with Crippen molar-refractivity contribution in [3.8, 4) is 22.6 Å². The van der Waals surface area contributed by atoms with Crippen LogP contribution >= 0.6 is 23.2 Å². The van der Waals surface area contributed by atoms with Crippen molar-refractivity contribution in [2.75, 3.05) is 25.0 Å². The lowest BCUT2D eigenvalue weighted by atomic mass is 9.96. The van der Waals surface area contributed by atoms with Crippen LogP contribution in [0.2, 0.25) is 10.0 Å². The van der Waals surface area contributed by atoms with Crippen LogP contribution in [0.1, 0.15) is 52.0 Å². The number of pyridine rings is 1. The van der Waals surface area contributed by atoms with Crippen molar-refractivity contribution in [1.29, 1.82) is 0 Å². The average molecular weight is 703 g/mol. The highest BCUT2D eigenvalue weighted by Gasteiger charge is 2.29. The van der Waals surface area contributed by atoms with Gasteiger partial charge in [-0.2, -0.15) is 0 Å². The fraction of sp³-hybridized carbons (Fsp3) is 0.297. The van der Waals surface area contributed by atoms with Gasteiger partial charge < -0.3 is 25.3 Å². The molecular formula is C37H37Cl2N5O5. The highest BCUT2D eigenvalue weighted by molar-refractivity contribution is 6.36. The molecule has 0 saturated carbocycles. The number of amides is 1. The molecule has 1 amide bonds. The molecule has 4 N–H and O–H groups in total. The molecule has 3 heterocycles. The van der Waals surface area contributed by atoms with E-state index in [1.165, 1.54) is 0 Å². The highest BCUT2D eigenvalue weighted by Crippen LogP contribution is 2.40. The summed E-state index contributed by atoms with van der Waals surface area (Å²) in [4.78, 5) is 36.2. The summed E-state index contributed by atoms with van der Waals surface area (Å²) in [5, 5.41) is 25.5. The van der Waals surface area contributed by atoms with Crippen molar-refractivity contribution in [1.82, 2.24) is 20.2 Å². The van der Waals surface area contributed by atoms with Crippen molar-refractivity contribution in [2.24, 2.45) is 0 Å². The van der Waals surface area contributed by atoms with Gasteiger partial charge >= 0.3 is 5.97 Å². The summed E-state index contributed by atoms with van der Waals surface area (Å²) < 4.78 is 6.20. The minimum absolute atomic E-state index is 0.0428. The zero-order chi connectivity index (χ0) is 34.7. The number of likely N-dealkylation sites (tertiary alicyclic amines) is 1. The number of fused-ring (bicyclic) bond motifs is 1. The predicted octanol–water partition coefficient (Wildman–Crippen LogP) is 7.25. The van der Waals surface area contributed by atoms with Crippen LogP contribution < -0.4 is 10.6 Å². The van der Waals surface area contributed by atoms with Crippen LogP contribution in [0.15, 0.2) is 65.2 Å². The van der Waals surface area contributed by atoms with Crippen LogP contribution in [-0.4, -0.2) is 62.7 Å². The Morgan fingerprint density at radius 2 is 1.80 bits per heavy atom. The van der Waals surface area contributed by atoms with Crippen LogP contribution in [0.4, 0.5) is 5.69 Å². The zero-order valence-corrected chi connectivity index (χ0v) is 28.7. The van der Waals surface area contributed by atoms with Crippen LogP contribution in [0.25, 0.3) is 33.7 Å². The van der Waals surface area contributed by atoms with E-state index in [1.54, 1.807) is 12.3 Å². The third-order valence-electron chi connectivity index (χ3n) is 8.86. The van der Waals surface area contributed by atoms with E-state index >= 15 is 0 Å². The molecule has 1 saturated heterocycles. The van der Waals surface area contributed by atoms with Crippen LogP contribution in [0.5, 0.6) is 0 Å². The number of aliphatic hydroxyl groups is 1. The van der Waals surface area contributed by atoms with Gasteiger partial charge in [0.25, 0.3) is 5.91 Å². The summed E-state index contributed by atoms with van der Waals surface area (Å²) in [6, 6.07) is 16.3. The lowest BCUT2D eigenvalue weighted by molar-refractivity contribution is -0.144. The lowest BCUT2D eigenvalue weighted by Gasteiger charge is -2.32. The first-order chi connectivity index (χ1) is 23.6. The zero-order valence-electron chi connectivity index (χ0n) is 27.2. The molecule has 3 aromatic carbocycles. The third-order valence-corrected chi connectivity index (χ3v) is 9.55. The number of anilines is 1. The number of nitrogens with one attached hydrogen (secondary N) is 2. The molecule has 0 radical (unpaired) electrons. The molecule has 1 atom stereocenters. The molecule has 49 heavy (non-hydrogen) atoms. The number of aliphatic hydroxyl groups excluding tert-OH is 1. The molecule has 5 aromatic rings. The Kier molecular flexibility index (Phi) is 10.6. The van der Waals surface area contributed by atoms with Gasteiger partial charge in [-0.15, -0.1) is 0 Å². The van der Waals surface area contributed by atoms with E-state index in [1.807, 2.05) is 67.3 Å². The number of carbonyl (C=O) groups excluding carboxylic acids is 1. The number of carboxylic acids is 1. The molecule has 6 rings (SSSR count). The van der Waals surface area contributed by atoms with E-state index < -0.39 is 12.0 Å². The first kappa shape index (κ1) is 34.5. The number of aromatic nitrogens is 2. The van der Waals surface area contributed by atoms with Gasteiger partial charge in [0, 0.05) is 37.0 Å². The second-order valence-electron chi connectivity index (χ2n) is 12.3. The standard InChI is InChI=1S/C37H37Cl2N5O5/c1-21-15-24(18-40-12-14-45)19-41-33(21)35(46)42-29-10-6-9-27(32(29)39)25-7-5-8-26(22(25)2)36-43-30-17-23(16-28(38)34(30)49-36)20-44-13-4-3-11-31(44)37(47)48/h5-10,15-17,19,31,40,45H,3-4,11-14,18,20H2,1-2H3,(H,42,46)(H,47,48)/t31-/m0/s1. The minimum Gasteiger partial charge on any atom is -0.480 e. The van der Waals surface area contributed by atoms with Gasteiger partial charge in [-0.3, -0.25) is 19.5 Å². The number of rotatable bonds is 11. The Balaban J connectivity index is 1.25. The van der Waals surface area contributed by atoms with Gasteiger partial charge in [0.2, 0.25) is 5.89 Å². The van der Waals surface area contributed by atoms with E-state index in [0.29, 0.717) is 71.0 Å². The Morgan fingerprint density at radius 3 is 2.57 bits per heavy atom. The largest absolute Gasteiger partial charge is 0.480 e. The summed E-state index contributed by atoms with van der Waals surface area (Å²) in [6.45, 7) is 6.01. The fourth-order valence-corrected chi connectivity index (χ4v) is 6.95. The van der Waals surface area contributed by atoms with Gasteiger partial charge in [-0.05, 0) is 85.3 Å². The molecule has 2 aromatic heterocycles. The van der Waals surface area contributed by atoms with Gasteiger partial charge in [0.05, 0.1) is 22.3 Å². The van der Waals surface area contributed by atoms with Crippen molar-refractivity contribution in [2.45, 2.75) is 52.2 Å². The molecule has 1 fully saturated rings. The number of hydrogen-bond donors (Lipinski definition) is 4. The van der Waals surface area contributed by atoms with E-state index in [-0.39, 0.29) is 12.5 Å². The number of hydrogen-bond acceptors (Lipinski definition) is 8. The van der Waals surface area contributed by atoms with E-state index in [4.69, 9.17) is 37.7 Å². The number of halogens is 2. The second kappa shape index (κ2) is 15.1. The van der Waals surface area contributed by atoms with Crippen LogP contribution in [0, 0.1) is 13.8 Å². The summed E-state index contributed by atoms with van der Waals surface area (Å²) in [6.07, 6.45) is 4.13. The second-order valence-corrected chi connectivity index (χ2v) is 13.1. The third kappa shape index (κ3) is 7.49. The summed E-state index contributed by atoms with van der Waals surface area (Å²) in [5.41, 5.74) is 7.48. The molecule has 0 bridgehead atoms. The number of benzene rings is 3. The fourth-order valence-electron chi connectivity index (χ4n) is 6.40. The monoisotopic (exact) mass is 701 g/mol. The quantitative estimate of drug-likeness (QED) is 0.105. The van der Waals surface area contributed by atoms with Gasteiger partial charge in [-0.1, -0.05) is 60.0 Å². The molecule has 0 aliphatic carbocycles. The molecule has 12 heteroatoms.